The average molecular weight is 108 g/mol. The summed E-state index contributed by atoms with van der Waals surface area (Å²) < 4.78 is 5.02. The zero-order valence-electron chi connectivity index (χ0n) is 4.68. The first kappa shape index (κ1) is 4.40. The van der Waals surface area contributed by atoms with Gasteiger partial charge in [-0.2, -0.15) is 0 Å². The Balaban J connectivity index is 1.92. The summed E-state index contributed by atoms with van der Waals surface area (Å²) in [6.45, 7) is 1.92. The molecule has 0 N–H and O–H groups in total. The number of rotatable bonds is 1. The first-order valence-corrected chi connectivity index (χ1v) is 3.03. The van der Waals surface area contributed by atoms with E-state index in [2.05, 4.69) is 11.8 Å². The summed E-state index contributed by atoms with van der Waals surface area (Å²) in [5, 5.41) is 0. The van der Waals surface area contributed by atoms with Gasteiger partial charge in [0, 0.05) is 18.3 Å². The van der Waals surface area contributed by atoms with Gasteiger partial charge in [-0.25, -0.2) is 0 Å². The maximum atomic E-state index is 5.02. The van der Waals surface area contributed by atoms with Crippen molar-refractivity contribution in [3.63, 3.8) is 0 Å². The molecule has 0 saturated carbocycles. The van der Waals surface area contributed by atoms with Gasteiger partial charge in [-0.1, -0.05) is 5.92 Å². The molecule has 1 nitrogen and oxygen atoms in total. The molecule has 1 unspecified atom stereocenters. The van der Waals surface area contributed by atoms with Crippen molar-refractivity contribution in [1.82, 2.24) is 0 Å². The summed E-state index contributed by atoms with van der Waals surface area (Å²) in [4.78, 5) is 0. The maximum Gasteiger partial charge on any atom is 0.0528 e. The van der Waals surface area contributed by atoms with Crippen LogP contribution >= 0.6 is 0 Å². The lowest BCUT2D eigenvalue weighted by Gasteiger charge is -2.32. The summed E-state index contributed by atoms with van der Waals surface area (Å²) in [6.07, 6.45) is 1.12. The lowest BCUT2D eigenvalue weighted by Crippen LogP contribution is -2.35. The van der Waals surface area contributed by atoms with Gasteiger partial charge in [-0.15, -0.1) is 5.92 Å². The van der Waals surface area contributed by atoms with Gasteiger partial charge in [0.2, 0.25) is 0 Å². The summed E-state index contributed by atoms with van der Waals surface area (Å²) in [5.41, 5.74) is 0. The summed E-state index contributed by atoms with van der Waals surface area (Å²) in [7, 11) is 0. The fourth-order valence-electron chi connectivity index (χ4n) is 0.991. The van der Waals surface area contributed by atoms with Crippen molar-refractivity contribution >= 4 is 0 Å². The molecule has 1 atom stereocenters. The van der Waals surface area contributed by atoms with Crippen LogP contribution < -0.4 is 0 Å². The second kappa shape index (κ2) is 1.50. The van der Waals surface area contributed by atoms with Crippen molar-refractivity contribution in [2.45, 2.75) is 6.42 Å². The van der Waals surface area contributed by atoms with E-state index in [0.717, 1.165) is 25.6 Å². The quantitative estimate of drug-likeness (QED) is 0.448. The van der Waals surface area contributed by atoms with Crippen molar-refractivity contribution in [2.75, 3.05) is 13.2 Å². The predicted octanol–water partition coefficient (Wildman–Crippen LogP) is 0.656. The summed E-state index contributed by atoms with van der Waals surface area (Å²) in [5.74, 6) is 7.61. The molecule has 0 aromatic carbocycles. The van der Waals surface area contributed by atoms with Crippen molar-refractivity contribution in [3.05, 3.63) is 0 Å². The normalized spacial score (nSPS) is 34.2. The molecule has 1 heterocycles. The Kier molecular flexibility index (Phi) is 0.824. The van der Waals surface area contributed by atoms with Crippen LogP contribution in [0.25, 0.3) is 0 Å². The SMILES string of the molecule is C1#CC(C2COC2)C1. The zero-order valence-corrected chi connectivity index (χ0v) is 4.68. The van der Waals surface area contributed by atoms with Crippen molar-refractivity contribution in [1.29, 1.82) is 0 Å². The maximum absolute atomic E-state index is 5.02. The number of ether oxygens (including phenoxy) is 1. The largest absolute Gasteiger partial charge is 0.381 e. The molecule has 0 aromatic rings. The molecule has 42 valence electrons. The summed E-state index contributed by atoms with van der Waals surface area (Å²) >= 11 is 0. The highest BCUT2D eigenvalue weighted by molar-refractivity contribution is 5.18. The molecule has 0 bridgehead atoms. The second-order valence-corrected chi connectivity index (χ2v) is 2.43. The number of hydrogen-bond donors (Lipinski definition) is 0. The van der Waals surface area contributed by atoms with E-state index in [1.807, 2.05) is 0 Å². The Labute approximate surface area is 49.0 Å². The van der Waals surface area contributed by atoms with Crippen LogP contribution in [-0.4, -0.2) is 13.2 Å². The van der Waals surface area contributed by atoms with Crippen molar-refractivity contribution < 1.29 is 4.74 Å². The molecule has 1 aliphatic carbocycles. The second-order valence-electron chi connectivity index (χ2n) is 2.43. The Morgan fingerprint density at radius 1 is 1.38 bits per heavy atom. The number of hydrogen-bond acceptors (Lipinski definition) is 1. The fraction of sp³-hybridized carbons (Fsp3) is 0.714. The standard InChI is InChI=1S/C7H8O/c1-2-6(3-1)7-4-8-5-7/h6-7H,2,4-5H2. The van der Waals surface area contributed by atoms with E-state index in [0.29, 0.717) is 5.92 Å². The van der Waals surface area contributed by atoms with Crippen LogP contribution in [0.15, 0.2) is 0 Å². The average Bonchev–Trinajstić information content (AvgIpc) is 1.47. The van der Waals surface area contributed by atoms with E-state index >= 15 is 0 Å². The molecule has 0 amide bonds. The molecule has 1 saturated heterocycles. The Bertz CT molecular complexity index is 148. The molecule has 8 heavy (non-hydrogen) atoms. The molecule has 1 fully saturated rings. The van der Waals surface area contributed by atoms with Crippen LogP contribution in [0.4, 0.5) is 0 Å². The van der Waals surface area contributed by atoms with Gasteiger partial charge >= 0.3 is 0 Å². The minimum Gasteiger partial charge on any atom is -0.381 e. The summed E-state index contributed by atoms with van der Waals surface area (Å²) in [6, 6.07) is 0. The third-order valence-electron chi connectivity index (χ3n) is 1.84. The van der Waals surface area contributed by atoms with Crippen LogP contribution in [0.3, 0.4) is 0 Å². The molecule has 2 rings (SSSR count). The van der Waals surface area contributed by atoms with E-state index in [1.165, 1.54) is 0 Å². The first-order chi connectivity index (χ1) is 3.97. The van der Waals surface area contributed by atoms with Gasteiger partial charge in [-0.05, 0) is 0 Å². The van der Waals surface area contributed by atoms with Crippen LogP contribution in [0.1, 0.15) is 6.42 Å². The lowest BCUT2D eigenvalue weighted by atomic mass is 9.84. The van der Waals surface area contributed by atoms with E-state index in [9.17, 15) is 0 Å². The van der Waals surface area contributed by atoms with Crippen LogP contribution in [0.2, 0.25) is 0 Å². The van der Waals surface area contributed by atoms with Gasteiger partial charge < -0.3 is 4.74 Å². The van der Waals surface area contributed by atoms with Gasteiger partial charge in [0.1, 0.15) is 0 Å². The molecule has 0 radical (unpaired) electrons. The monoisotopic (exact) mass is 108 g/mol. The van der Waals surface area contributed by atoms with E-state index < -0.39 is 0 Å². The molecular weight excluding hydrogens is 100 g/mol. The van der Waals surface area contributed by atoms with Gasteiger partial charge in [0.25, 0.3) is 0 Å². The predicted molar refractivity (Wildman–Crippen MR) is 30.2 cm³/mol. The minimum atomic E-state index is 0.698. The van der Waals surface area contributed by atoms with Gasteiger partial charge in [-0.3, -0.25) is 0 Å². The minimum absolute atomic E-state index is 0.698. The molecule has 2 aliphatic rings. The van der Waals surface area contributed by atoms with Crippen LogP contribution in [0, 0.1) is 23.7 Å². The van der Waals surface area contributed by atoms with E-state index in [4.69, 9.17) is 4.74 Å². The topological polar surface area (TPSA) is 9.23 Å². The van der Waals surface area contributed by atoms with Crippen LogP contribution in [-0.2, 0) is 4.74 Å². The highest BCUT2D eigenvalue weighted by atomic mass is 16.5. The lowest BCUT2D eigenvalue weighted by molar-refractivity contribution is -0.0504. The highest BCUT2D eigenvalue weighted by Crippen LogP contribution is 2.26. The third-order valence-corrected chi connectivity index (χ3v) is 1.84. The zero-order chi connectivity index (χ0) is 5.40. The molecular formula is C7H8O. The van der Waals surface area contributed by atoms with Gasteiger partial charge in [0.05, 0.1) is 13.2 Å². The first-order valence-electron chi connectivity index (χ1n) is 3.03. The third kappa shape index (κ3) is 0.468. The molecule has 0 spiro atoms. The molecule has 0 aromatic heterocycles. The Morgan fingerprint density at radius 3 is 2.25 bits per heavy atom. The van der Waals surface area contributed by atoms with Crippen LogP contribution in [0.5, 0.6) is 0 Å². The van der Waals surface area contributed by atoms with Crippen molar-refractivity contribution in [3.8, 4) is 11.8 Å². The van der Waals surface area contributed by atoms with Gasteiger partial charge in [0.15, 0.2) is 0 Å². The molecule has 1 aliphatic heterocycles. The van der Waals surface area contributed by atoms with E-state index in [1.54, 1.807) is 0 Å². The smallest absolute Gasteiger partial charge is 0.0528 e. The van der Waals surface area contributed by atoms with Crippen molar-refractivity contribution in [2.24, 2.45) is 11.8 Å². The van der Waals surface area contributed by atoms with E-state index in [-0.39, 0.29) is 0 Å². The highest BCUT2D eigenvalue weighted by Gasteiger charge is 2.28. The Hall–Kier alpha value is -0.480. The molecule has 1 heteroatoms. The fourth-order valence-corrected chi connectivity index (χ4v) is 0.991. The Morgan fingerprint density at radius 2 is 2.12 bits per heavy atom.